The van der Waals surface area contributed by atoms with Crippen LogP contribution in [0.5, 0.6) is 0 Å². The molecule has 1 aliphatic carbocycles. The lowest BCUT2D eigenvalue weighted by molar-refractivity contribution is 0.362. The van der Waals surface area contributed by atoms with Gasteiger partial charge in [0, 0.05) is 34.4 Å². The van der Waals surface area contributed by atoms with Gasteiger partial charge in [0.25, 0.3) is 5.56 Å². The maximum atomic E-state index is 13.1. The number of fused-ring (bicyclic) bond motifs is 1. The van der Waals surface area contributed by atoms with Gasteiger partial charge in [-0.15, -0.1) is 0 Å². The van der Waals surface area contributed by atoms with Crippen LogP contribution >= 0.6 is 0 Å². The van der Waals surface area contributed by atoms with Gasteiger partial charge in [-0.25, -0.2) is 0 Å². The second-order valence-corrected chi connectivity index (χ2v) is 8.57. The van der Waals surface area contributed by atoms with Crippen molar-refractivity contribution < 1.29 is 0 Å². The Kier molecular flexibility index (Phi) is 6.16. The van der Waals surface area contributed by atoms with Crippen LogP contribution in [0.3, 0.4) is 0 Å². The van der Waals surface area contributed by atoms with Gasteiger partial charge in [-0.1, -0.05) is 51.2 Å². The lowest BCUT2D eigenvalue weighted by Crippen LogP contribution is -2.34. The highest BCUT2D eigenvalue weighted by atomic mass is 16.1. The minimum absolute atomic E-state index is 0.127. The lowest BCUT2D eigenvalue weighted by atomic mass is 9.95. The molecule has 2 fully saturated rings. The summed E-state index contributed by atoms with van der Waals surface area (Å²) in [5, 5.41) is 8.70. The second kappa shape index (κ2) is 8.95. The predicted molar refractivity (Wildman–Crippen MR) is 118 cm³/mol. The Bertz CT molecular complexity index is 871. The molecule has 4 heteroatoms. The largest absolute Gasteiger partial charge is 0.359 e. The molecule has 1 saturated carbocycles. The van der Waals surface area contributed by atoms with E-state index >= 15 is 0 Å². The van der Waals surface area contributed by atoms with Crippen molar-refractivity contribution in [1.82, 2.24) is 9.88 Å². The minimum atomic E-state index is 0.127. The summed E-state index contributed by atoms with van der Waals surface area (Å²) in [5.74, 6) is 0.745. The van der Waals surface area contributed by atoms with E-state index in [-0.39, 0.29) is 5.56 Å². The number of piperidine rings is 1. The van der Waals surface area contributed by atoms with E-state index < -0.39 is 0 Å². The predicted octanol–water partition coefficient (Wildman–Crippen LogP) is 5.21. The van der Waals surface area contributed by atoms with E-state index in [1.807, 2.05) is 22.9 Å². The normalized spacial score (nSPS) is 19.4. The van der Waals surface area contributed by atoms with E-state index in [0.717, 1.165) is 60.4 Å². The van der Waals surface area contributed by atoms with Crippen LogP contribution in [-0.4, -0.2) is 17.7 Å². The van der Waals surface area contributed by atoms with Gasteiger partial charge in [-0.3, -0.25) is 4.79 Å². The topological polar surface area (TPSA) is 46.1 Å². The van der Waals surface area contributed by atoms with Crippen molar-refractivity contribution in [2.24, 2.45) is 5.92 Å². The molecule has 0 atom stereocenters. The number of nitrogens with one attached hydrogen (secondary N) is 2. The highest BCUT2D eigenvalue weighted by Crippen LogP contribution is 2.30. The van der Waals surface area contributed by atoms with Gasteiger partial charge in [0.15, 0.2) is 0 Å². The summed E-state index contributed by atoms with van der Waals surface area (Å²) in [5.41, 5.74) is 2.20. The number of pyridine rings is 1. The van der Waals surface area contributed by atoms with Crippen molar-refractivity contribution in [2.45, 2.75) is 63.8 Å². The third-order valence-electron chi connectivity index (χ3n) is 6.50. The molecule has 150 valence electrons. The zero-order valence-electron chi connectivity index (χ0n) is 16.9. The van der Waals surface area contributed by atoms with Crippen molar-refractivity contribution in [3.8, 4) is 0 Å². The Morgan fingerprint density at radius 1 is 1.04 bits per heavy atom. The number of anilines is 1. The van der Waals surface area contributed by atoms with Crippen molar-refractivity contribution in [1.29, 1.82) is 0 Å². The third-order valence-corrected chi connectivity index (χ3v) is 6.50. The Morgan fingerprint density at radius 3 is 2.54 bits per heavy atom. The third kappa shape index (κ3) is 4.33. The average Bonchev–Trinajstić information content (AvgIpc) is 2.98. The van der Waals surface area contributed by atoms with Gasteiger partial charge in [-0.2, -0.15) is 0 Å². The number of aromatic nitrogens is 1. The Hall–Kier alpha value is -2.07. The molecule has 1 aromatic carbocycles. The number of rotatable bonds is 5. The van der Waals surface area contributed by atoms with Crippen LogP contribution in [0, 0.1) is 5.92 Å². The van der Waals surface area contributed by atoms with Crippen molar-refractivity contribution in [2.75, 3.05) is 18.4 Å². The zero-order chi connectivity index (χ0) is 19.3. The van der Waals surface area contributed by atoms with Gasteiger partial charge in [0.2, 0.25) is 0 Å². The number of benzene rings is 1. The SMILES string of the molecule is C=C(CC1CCCCCC1)Nc1cccc2c(=O)n(C3CCNCC3)ccc12. The molecule has 1 saturated heterocycles. The highest BCUT2D eigenvalue weighted by Gasteiger charge is 2.18. The maximum absolute atomic E-state index is 13.1. The Morgan fingerprint density at radius 2 is 1.79 bits per heavy atom. The molecular formula is C24H33N3O. The second-order valence-electron chi connectivity index (χ2n) is 8.57. The van der Waals surface area contributed by atoms with E-state index in [2.05, 4.69) is 29.3 Å². The smallest absolute Gasteiger partial charge is 0.258 e. The maximum Gasteiger partial charge on any atom is 0.258 e. The highest BCUT2D eigenvalue weighted by molar-refractivity contribution is 5.93. The van der Waals surface area contributed by atoms with Crippen molar-refractivity contribution >= 4 is 16.5 Å². The molecule has 0 unspecified atom stereocenters. The lowest BCUT2D eigenvalue weighted by Gasteiger charge is -2.25. The van der Waals surface area contributed by atoms with Crippen LogP contribution in [0.15, 0.2) is 47.5 Å². The van der Waals surface area contributed by atoms with Gasteiger partial charge < -0.3 is 15.2 Å². The summed E-state index contributed by atoms with van der Waals surface area (Å²) in [4.78, 5) is 13.1. The van der Waals surface area contributed by atoms with E-state index in [1.165, 1.54) is 38.5 Å². The van der Waals surface area contributed by atoms with E-state index in [1.54, 1.807) is 0 Å². The summed E-state index contributed by atoms with van der Waals surface area (Å²) in [6.45, 7) is 6.26. The molecule has 2 aromatic rings. The molecule has 1 aliphatic heterocycles. The molecule has 2 aliphatic rings. The summed E-state index contributed by atoms with van der Waals surface area (Å²) < 4.78 is 1.94. The number of allylic oxidation sites excluding steroid dienone is 1. The molecule has 4 rings (SSSR count). The van der Waals surface area contributed by atoms with Crippen LogP contribution < -0.4 is 16.2 Å². The van der Waals surface area contributed by atoms with E-state index in [4.69, 9.17) is 0 Å². The monoisotopic (exact) mass is 379 g/mol. The molecule has 4 nitrogen and oxygen atoms in total. The van der Waals surface area contributed by atoms with Crippen molar-refractivity contribution in [3.63, 3.8) is 0 Å². The zero-order valence-corrected chi connectivity index (χ0v) is 16.9. The fourth-order valence-electron chi connectivity index (χ4n) is 4.93. The fourth-order valence-corrected chi connectivity index (χ4v) is 4.93. The molecule has 0 radical (unpaired) electrons. The molecular weight excluding hydrogens is 346 g/mol. The number of hydrogen-bond donors (Lipinski definition) is 2. The molecule has 0 bridgehead atoms. The van der Waals surface area contributed by atoms with Crippen LogP contribution in [-0.2, 0) is 0 Å². The van der Waals surface area contributed by atoms with Gasteiger partial charge in [-0.05, 0) is 56.5 Å². The van der Waals surface area contributed by atoms with Gasteiger partial charge >= 0.3 is 0 Å². The van der Waals surface area contributed by atoms with Gasteiger partial charge in [0.05, 0.1) is 0 Å². The number of nitrogens with zero attached hydrogens (tertiary/aromatic N) is 1. The Labute approximate surface area is 168 Å². The first-order chi connectivity index (χ1) is 13.7. The molecule has 0 amide bonds. The molecule has 28 heavy (non-hydrogen) atoms. The molecule has 1 aromatic heterocycles. The van der Waals surface area contributed by atoms with Crippen LogP contribution in [0.2, 0.25) is 0 Å². The Balaban J connectivity index is 1.53. The fraction of sp³-hybridized carbons (Fsp3) is 0.542. The summed E-state index contributed by atoms with van der Waals surface area (Å²) in [6, 6.07) is 8.40. The minimum Gasteiger partial charge on any atom is -0.359 e. The van der Waals surface area contributed by atoms with E-state index in [0.29, 0.717) is 6.04 Å². The first-order valence-electron chi connectivity index (χ1n) is 11.0. The van der Waals surface area contributed by atoms with E-state index in [9.17, 15) is 4.79 Å². The molecule has 0 spiro atoms. The van der Waals surface area contributed by atoms with Crippen LogP contribution in [0.25, 0.3) is 10.8 Å². The van der Waals surface area contributed by atoms with Crippen molar-refractivity contribution in [3.05, 3.63) is 53.1 Å². The van der Waals surface area contributed by atoms with Gasteiger partial charge in [0.1, 0.15) is 0 Å². The summed E-state index contributed by atoms with van der Waals surface area (Å²) >= 11 is 0. The molecule has 2 N–H and O–H groups in total. The number of hydrogen-bond acceptors (Lipinski definition) is 3. The quantitative estimate of drug-likeness (QED) is 0.701. The summed E-state index contributed by atoms with van der Waals surface area (Å²) in [7, 11) is 0. The first-order valence-corrected chi connectivity index (χ1v) is 11.0. The molecule has 2 heterocycles. The average molecular weight is 380 g/mol. The first kappa shape index (κ1) is 19.3. The standard InChI is InChI=1S/C24H33N3O/c1-18(17-19-7-4-2-3-5-8-19)26-23-10-6-9-22-21(23)13-16-27(24(22)28)20-11-14-25-15-12-20/h6,9-10,13,16,19-20,25-26H,1-5,7-8,11-12,14-15,17H2. The summed E-state index contributed by atoms with van der Waals surface area (Å²) in [6.07, 6.45) is 13.1. The van der Waals surface area contributed by atoms with Crippen LogP contribution in [0.1, 0.15) is 63.8 Å². The van der Waals surface area contributed by atoms with Crippen LogP contribution in [0.4, 0.5) is 5.69 Å².